The Kier molecular flexibility index (Phi) is 4.73. The van der Waals surface area contributed by atoms with Gasteiger partial charge in [-0.05, 0) is 43.9 Å². The molecule has 0 bridgehead atoms. The van der Waals surface area contributed by atoms with Crippen LogP contribution in [0.25, 0.3) is 0 Å². The fraction of sp³-hybridized carbons (Fsp3) is 0.562. The third kappa shape index (κ3) is 3.47. The van der Waals surface area contributed by atoms with Crippen LogP contribution in [0.15, 0.2) is 18.2 Å². The fourth-order valence-electron chi connectivity index (χ4n) is 2.98. The monoisotopic (exact) mass is 292 g/mol. The Bertz CT molecular complexity index is 512. The summed E-state index contributed by atoms with van der Waals surface area (Å²) in [7, 11) is 0. The number of nitrogen functional groups attached to an aromatic ring is 1. The number of benzene rings is 1. The maximum absolute atomic E-state index is 11.3. The summed E-state index contributed by atoms with van der Waals surface area (Å²) in [6.45, 7) is 4.97. The van der Waals surface area contributed by atoms with Gasteiger partial charge in [-0.15, -0.1) is 0 Å². The molecule has 21 heavy (non-hydrogen) atoms. The Morgan fingerprint density at radius 3 is 2.81 bits per heavy atom. The van der Waals surface area contributed by atoms with Crippen LogP contribution in [0.2, 0.25) is 0 Å². The summed E-state index contributed by atoms with van der Waals surface area (Å²) >= 11 is 0. The quantitative estimate of drug-likeness (QED) is 0.726. The molecule has 116 valence electrons. The van der Waals surface area contributed by atoms with Gasteiger partial charge >= 0.3 is 5.97 Å². The number of carboxylic acids is 1. The molecule has 0 spiro atoms. The Morgan fingerprint density at radius 2 is 2.19 bits per heavy atom. The van der Waals surface area contributed by atoms with E-state index in [-0.39, 0.29) is 17.2 Å². The molecule has 5 nitrogen and oxygen atoms in total. The van der Waals surface area contributed by atoms with Crippen molar-refractivity contribution in [1.82, 2.24) is 0 Å². The Balaban J connectivity index is 2.18. The predicted molar refractivity (Wildman–Crippen MR) is 83.7 cm³/mol. The molecule has 1 unspecified atom stereocenters. The first-order valence-corrected chi connectivity index (χ1v) is 7.53. The first-order valence-electron chi connectivity index (χ1n) is 7.53. The van der Waals surface area contributed by atoms with Crippen LogP contribution in [0, 0.1) is 0 Å². The molecule has 0 aliphatic carbocycles. The zero-order valence-corrected chi connectivity index (χ0v) is 12.7. The van der Waals surface area contributed by atoms with Crippen molar-refractivity contribution < 1.29 is 14.6 Å². The minimum absolute atomic E-state index is 0.0976. The van der Waals surface area contributed by atoms with Gasteiger partial charge in [0.2, 0.25) is 0 Å². The fourth-order valence-corrected chi connectivity index (χ4v) is 2.98. The molecule has 1 aliphatic heterocycles. The number of aromatic carboxylic acids is 1. The highest BCUT2D eigenvalue weighted by Crippen LogP contribution is 2.33. The number of hydrogen-bond acceptors (Lipinski definition) is 4. The minimum Gasteiger partial charge on any atom is -0.478 e. The SMILES string of the molecule is CCC1(CC)CC(Nc2cc(N)ccc2C(=O)O)CCO1. The van der Waals surface area contributed by atoms with Gasteiger partial charge in [0.05, 0.1) is 16.9 Å². The van der Waals surface area contributed by atoms with Crippen LogP contribution in [-0.4, -0.2) is 29.3 Å². The lowest BCUT2D eigenvalue weighted by atomic mass is 9.85. The summed E-state index contributed by atoms with van der Waals surface area (Å²) in [5.41, 5.74) is 7.10. The average molecular weight is 292 g/mol. The average Bonchev–Trinajstić information content (AvgIpc) is 2.47. The van der Waals surface area contributed by atoms with Crippen molar-refractivity contribution in [1.29, 1.82) is 0 Å². The largest absolute Gasteiger partial charge is 0.478 e. The van der Waals surface area contributed by atoms with Gasteiger partial charge in [0, 0.05) is 18.3 Å². The first-order chi connectivity index (χ1) is 9.99. The lowest BCUT2D eigenvalue weighted by Gasteiger charge is -2.40. The Labute approximate surface area is 125 Å². The lowest BCUT2D eigenvalue weighted by Crippen LogP contribution is -2.43. The molecule has 1 atom stereocenters. The number of nitrogens with two attached hydrogens (primary N) is 1. The van der Waals surface area contributed by atoms with Crippen LogP contribution in [0.3, 0.4) is 0 Å². The van der Waals surface area contributed by atoms with E-state index in [0.717, 1.165) is 25.7 Å². The molecular formula is C16H24N2O3. The van der Waals surface area contributed by atoms with Gasteiger partial charge in [0.25, 0.3) is 0 Å². The van der Waals surface area contributed by atoms with Crippen molar-refractivity contribution in [2.75, 3.05) is 17.7 Å². The number of ether oxygens (including phenoxy) is 1. The third-order valence-corrected chi connectivity index (χ3v) is 4.42. The molecule has 1 fully saturated rings. The first kappa shape index (κ1) is 15.6. The molecule has 0 radical (unpaired) electrons. The van der Waals surface area contributed by atoms with Gasteiger partial charge in [0.1, 0.15) is 0 Å². The normalized spacial score (nSPS) is 21.0. The topological polar surface area (TPSA) is 84.6 Å². The highest BCUT2D eigenvalue weighted by atomic mass is 16.5. The maximum Gasteiger partial charge on any atom is 0.337 e. The number of hydrogen-bond donors (Lipinski definition) is 3. The molecule has 0 amide bonds. The molecular weight excluding hydrogens is 268 g/mol. The number of carbonyl (C=O) groups is 1. The highest BCUT2D eigenvalue weighted by molar-refractivity contribution is 5.95. The van der Waals surface area contributed by atoms with E-state index >= 15 is 0 Å². The Morgan fingerprint density at radius 1 is 1.48 bits per heavy atom. The molecule has 1 aromatic rings. The van der Waals surface area contributed by atoms with Gasteiger partial charge in [-0.25, -0.2) is 4.79 Å². The van der Waals surface area contributed by atoms with E-state index in [1.54, 1.807) is 18.2 Å². The number of nitrogens with one attached hydrogen (secondary N) is 1. The van der Waals surface area contributed by atoms with Crippen molar-refractivity contribution in [2.24, 2.45) is 0 Å². The minimum atomic E-state index is -0.943. The maximum atomic E-state index is 11.3. The van der Waals surface area contributed by atoms with Crippen LogP contribution >= 0.6 is 0 Å². The molecule has 1 heterocycles. The molecule has 0 aromatic heterocycles. The van der Waals surface area contributed by atoms with Crippen molar-refractivity contribution in [3.05, 3.63) is 23.8 Å². The Hall–Kier alpha value is -1.75. The van der Waals surface area contributed by atoms with Gasteiger partial charge in [-0.2, -0.15) is 0 Å². The molecule has 4 N–H and O–H groups in total. The summed E-state index contributed by atoms with van der Waals surface area (Å²) in [5.74, 6) is -0.943. The number of rotatable bonds is 5. The lowest BCUT2D eigenvalue weighted by molar-refractivity contribution is -0.0864. The van der Waals surface area contributed by atoms with E-state index < -0.39 is 5.97 Å². The van der Waals surface area contributed by atoms with E-state index in [4.69, 9.17) is 10.5 Å². The molecule has 1 saturated heterocycles. The van der Waals surface area contributed by atoms with E-state index in [9.17, 15) is 9.90 Å². The summed E-state index contributed by atoms with van der Waals surface area (Å²) in [5, 5.41) is 12.6. The van der Waals surface area contributed by atoms with Crippen molar-refractivity contribution in [3.8, 4) is 0 Å². The summed E-state index contributed by atoms with van der Waals surface area (Å²) in [6, 6.07) is 5.06. The third-order valence-electron chi connectivity index (χ3n) is 4.42. The second kappa shape index (κ2) is 6.35. The van der Waals surface area contributed by atoms with Crippen molar-refractivity contribution in [3.63, 3.8) is 0 Å². The molecule has 5 heteroatoms. The smallest absolute Gasteiger partial charge is 0.337 e. The van der Waals surface area contributed by atoms with Crippen LogP contribution in [-0.2, 0) is 4.74 Å². The van der Waals surface area contributed by atoms with Gasteiger partial charge in [-0.3, -0.25) is 0 Å². The van der Waals surface area contributed by atoms with E-state index in [1.165, 1.54) is 0 Å². The number of anilines is 2. The summed E-state index contributed by atoms with van der Waals surface area (Å²) in [6.07, 6.45) is 3.68. The van der Waals surface area contributed by atoms with Crippen LogP contribution in [0.1, 0.15) is 49.9 Å². The van der Waals surface area contributed by atoms with E-state index in [2.05, 4.69) is 19.2 Å². The van der Waals surface area contributed by atoms with E-state index in [1.807, 2.05) is 0 Å². The zero-order chi connectivity index (χ0) is 15.5. The van der Waals surface area contributed by atoms with Gasteiger partial charge < -0.3 is 20.9 Å². The van der Waals surface area contributed by atoms with E-state index in [0.29, 0.717) is 18.0 Å². The highest BCUT2D eigenvalue weighted by Gasteiger charge is 2.34. The van der Waals surface area contributed by atoms with Crippen LogP contribution in [0.5, 0.6) is 0 Å². The molecule has 1 aliphatic rings. The van der Waals surface area contributed by atoms with Gasteiger partial charge in [0.15, 0.2) is 0 Å². The second-order valence-corrected chi connectivity index (χ2v) is 5.68. The second-order valence-electron chi connectivity index (χ2n) is 5.68. The molecule has 1 aromatic carbocycles. The predicted octanol–water partition coefficient (Wildman–Crippen LogP) is 3.12. The summed E-state index contributed by atoms with van der Waals surface area (Å²) < 4.78 is 5.95. The van der Waals surface area contributed by atoms with Crippen molar-refractivity contribution >= 4 is 17.3 Å². The number of carboxylic acid groups (broad SMARTS) is 1. The van der Waals surface area contributed by atoms with Crippen molar-refractivity contribution in [2.45, 2.75) is 51.2 Å². The van der Waals surface area contributed by atoms with Crippen LogP contribution in [0.4, 0.5) is 11.4 Å². The summed E-state index contributed by atoms with van der Waals surface area (Å²) in [4.78, 5) is 11.3. The zero-order valence-electron chi connectivity index (χ0n) is 12.7. The molecule has 0 saturated carbocycles. The standard InChI is InChI=1S/C16H24N2O3/c1-3-16(4-2)10-12(7-8-21-16)18-14-9-11(17)5-6-13(14)15(19)20/h5-6,9,12,18H,3-4,7-8,10,17H2,1-2H3,(H,19,20). The van der Waals surface area contributed by atoms with Crippen LogP contribution < -0.4 is 11.1 Å². The molecule has 2 rings (SSSR count). The van der Waals surface area contributed by atoms with Gasteiger partial charge in [-0.1, -0.05) is 13.8 Å².